The highest BCUT2D eigenvalue weighted by molar-refractivity contribution is 5.97. The van der Waals surface area contributed by atoms with Crippen molar-refractivity contribution in [1.82, 2.24) is 5.32 Å². The van der Waals surface area contributed by atoms with Gasteiger partial charge >= 0.3 is 11.9 Å². The van der Waals surface area contributed by atoms with E-state index in [0.717, 1.165) is 57.7 Å². The van der Waals surface area contributed by atoms with Crippen LogP contribution in [0, 0.1) is 22.0 Å². The zero-order valence-corrected chi connectivity index (χ0v) is 20.1. The highest BCUT2D eigenvalue weighted by Gasteiger charge is 2.37. The second kappa shape index (κ2) is 10.2. The summed E-state index contributed by atoms with van der Waals surface area (Å²) in [5.74, 6) is -0.953. The quantitative estimate of drug-likeness (QED) is 0.345. The van der Waals surface area contributed by atoms with Crippen LogP contribution in [0.3, 0.4) is 0 Å². The summed E-state index contributed by atoms with van der Waals surface area (Å²) in [6, 6.07) is 3.81. The Labute approximate surface area is 195 Å². The van der Waals surface area contributed by atoms with E-state index < -0.39 is 33.8 Å². The minimum absolute atomic E-state index is 0.0480. The molecule has 0 unspecified atom stereocenters. The fourth-order valence-corrected chi connectivity index (χ4v) is 5.06. The van der Waals surface area contributed by atoms with Crippen molar-refractivity contribution in [2.45, 2.75) is 83.8 Å². The normalized spacial score (nSPS) is 18.5. The summed E-state index contributed by atoms with van der Waals surface area (Å²) in [6.07, 6.45) is 7.09. The molecule has 8 heteroatoms. The Morgan fingerprint density at radius 1 is 0.909 bits per heavy atom. The number of nitrogens with one attached hydrogen (secondary N) is 1. The van der Waals surface area contributed by atoms with E-state index in [0.29, 0.717) is 0 Å². The van der Waals surface area contributed by atoms with Crippen LogP contribution in [-0.2, 0) is 9.47 Å². The van der Waals surface area contributed by atoms with Crippen molar-refractivity contribution in [3.63, 3.8) is 0 Å². The zero-order valence-electron chi connectivity index (χ0n) is 20.1. The lowest BCUT2D eigenvalue weighted by atomic mass is 9.79. The Hall–Kier alpha value is -2.48. The summed E-state index contributed by atoms with van der Waals surface area (Å²) in [5, 5.41) is 15.0. The average molecular weight is 461 g/mol. The molecule has 1 aromatic rings. The molecule has 0 amide bonds. The molecule has 1 saturated heterocycles. The van der Waals surface area contributed by atoms with Crippen LogP contribution >= 0.6 is 0 Å². The van der Waals surface area contributed by atoms with E-state index in [9.17, 15) is 19.7 Å². The molecule has 2 aliphatic rings. The van der Waals surface area contributed by atoms with Crippen molar-refractivity contribution < 1.29 is 24.0 Å². The van der Waals surface area contributed by atoms with Crippen LogP contribution in [0.5, 0.6) is 0 Å². The third kappa shape index (κ3) is 6.10. The first kappa shape index (κ1) is 25.1. The van der Waals surface area contributed by atoms with E-state index in [1.54, 1.807) is 0 Å². The molecule has 0 bridgehead atoms. The van der Waals surface area contributed by atoms with Gasteiger partial charge in [-0.25, -0.2) is 9.59 Å². The van der Waals surface area contributed by atoms with Crippen LogP contribution < -0.4 is 5.32 Å². The Morgan fingerprint density at radius 2 is 1.45 bits per heavy atom. The molecule has 1 saturated carbocycles. The van der Waals surface area contributed by atoms with Gasteiger partial charge in [0.1, 0.15) is 16.8 Å². The van der Waals surface area contributed by atoms with Gasteiger partial charge in [-0.2, -0.15) is 0 Å². The molecule has 33 heavy (non-hydrogen) atoms. The molecule has 0 radical (unpaired) electrons. The Bertz CT molecular complexity index is 883. The van der Waals surface area contributed by atoms with Gasteiger partial charge in [-0.1, -0.05) is 19.3 Å². The number of benzene rings is 1. The smallest absolute Gasteiger partial charge is 0.345 e. The number of esters is 2. The lowest BCUT2D eigenvalue weighted by Crippen LogP contribution is -2.42. The summed E-state index contributed by atoms with van der Waals surface area (Å²) in [6.45, 7) is 9.20. The number of nitro benzene ring substituents is 1. The first-order valence-electron chi connectivity index (χ1n) is 12.0. The van der Waals surface area contributed by atoms with Crippen molar-refractivity contribution in [2.75, 3.05) is 13.1 Å². The number of piperidine rings is 1. The maximum Gasteiger partial charge on any atom is 0.345 e. The third-order valence-electron chi connectivity index (χ3n) is 7.27. The van der Waals surface area contributed by atoms with Gasteiger partial charge in [-0.15, -0.1) is 0 Å². The lowest BCUT2D eigenvalue weighted by Gasteiger charge is -2.36. The topological polar surface area (TPSA) is 108 Å². The molecular weight excluding hydrogens is 424 g/mol. The monoisotopic (exact) mass is 460 g/mol. The summed E-state index contributed by atoms with van der Waals surface area (Å²) in [5.41, 5.74) is -1.98. The lowest BCUT2D eigenvalue weighted by molar-refractivity contribution is -0.385. The van der Waals surface area contributed by atoms with Crippen molar-refractivity contribution >= 4 is 17.6 Å². The van der Waals surface area contributed by atoms with Gasteiger partial charge in [0.25, 0.3) is 5.69 Å². The second-order valence-corrected chi connectivity index (χ2v) is 10.3. The largest absolute Gasteiger partial charge is 0.456 e. The average Bonchev–Trinajstić information content (AvgIpc) is 2.79. The first-order valence-corrected chi connectivity index (χ1v) is 12.0. The van der Waals surface area contributed by atoms with Crippen molar-refractivity contribution in [2.24, 2.45) is 11.8 Å². The van der Waals surface area contributed by atoms with E-state index in [2.05, 4.69) is 5.32 Å². The first-order chi connectivity index (χ1) is 15.5. The minimum atomic E-state index is -0.743. The molecule has 1 aliphatic heterocycles. The number of ether oxygens (including phenoxy) is 2. The molecule has 0 aromatic heterocycles. The number of hydrogen-bond acceptors (Lipinski definition) is 7. The highest BCUT2D eigenvalue weighted by Crippen LogP contribution is 2.36. The zero-order chi connectivity index (χ0) is 24.2. The van der Waals surface area contributed by atoms with Crippen LogP contribution in [0.1, 0.15) is 93.4 Å². The number of carbonyl (C=O) groups is 2. The maximum absolute atomic E-state index is 12.9. The van der Waals surface area contributed by atoms with Crippen LogP contribution in [0.25, 0.3) is 0 Å². The predicted molar refractivity (Wildman–Crippen MR) is 124 cm³/mol. The van der Waals surface area contributed by atoms with E-state index in [-0.39, 0.29) is 23.0 Å². The van der Waals surface area contributed by atoms with E-state index in [4.69, 9.17) is 9.47 Å². The van der Waals surface area contributed by atoms with Gasteiger partial charge in [-0.3, -0.25) is 10.1 Å². The van der Waals surface area contributed by atoms with Crippen LogP contribution in [0.2, 0.25) is 0 Å². The van der Waals surface area contributed by atoms with Crippen LogP contribution in [0.15, 0.2) is 18.2 Å². The number of hydrogen-bond donors (Lipinski definition) is 1. The standard InChI is InChI=1S/C25H36N2O6/c1-24(2,18-8-6-5-7-9-18)33-23(29)20-11-10-17(16-21(20)27(30)31)22(28)32-25(3,4)19-12-14-26-15-13-19/h10-11,16,18-19,26H,5-9,12-15H2,1-4H3. The second-order valence-electron chi connectivity index (χ2n) is 10.3. The predicted octanol–water partition coefficient (Wildman–Crippen LogP) is 5.05. The number of rotatable bonds is 7. The summed E-state index contributed by atoms with van der Waals surface area (Å²) < 4.78 is 11.5. The van der Waals surface area contributed by atoms with Crippen LogP contribution in [0.4, 0.5) is 5.69 Å². The molecule has 1 aromatic carbocycles. The van der Waals surface area contributed by atoms with E-state index in [1.807, 2.05) is 27.7 Å². The van der Waals surface area contributed by atoms with E-state index in [1.165, 1.54) is 18.6 Å². The van der Waals surface area contributed by atoms with Gasteiger partial charge in [0, 0.05) is 12.0 Å². The van der Waals surface area contributed by atoms with Gasteiger partial charge in [0.05, 0.1) is 10.5 Å². The third-order valence-corrected chi connectivity index (χ3v) is 7.27. The molecule has 2 fully saturated rings. The van der Waals surface area contributed by atoms with Crippen LogP contribution in [-0.4, -0.2) is 41.2 Å². The van der Waals surface area contributed by atoms with E-state index >= 15 is 0 Å². The SMILES string of the molecule is CC(C)(OC(=O)c1ccc(C(=O)OC(C)(C)C2CCCCC2)c([N+](=O)[O-])c1)C1CCNCC1. The van der Waals surface area contributed by atoms with Gasteiger partial charge < -0.3 is 14.8 Å². The van der Waals surface area contributed by atoms with Gasteiger partial charge in [-0.05, 0) is 84.5 Å². The van der Waals surface area contributed by atoms with Gasteiger partial charge in [0.15, 0.2) is 0 Å². The van der Waals surface area contributed by atoms with Gasteiger partial charge in [0.2, 0.25) is 0 Å². The molecule has 182 valence electrons. The molecule has 0 atom stereocenters. The number of nitrogens with zero attached hydrogens (tertiary/aromatic N) is 1. The number of carbonyl (C=O) groups excluding carboxylic acids is 2. The molecule has 1 heterocycles. The summed E-state index contributed by atoms with van der Waals surface area (Å²) in [7, 11) is 0. The maximum atomic E-state index is 12.9. The minimum Gasteiger partial charge on any atom is -0.456 e. The van der Waals surface area contributed by atoms with Crippen molar-refractivity contribution in [3.8, 4) is 0 Å². The molecular formula is C25H36N2O6. The molecule has 3 rings (SSSR count). The van der Waals surface area contributed by atoms with Crippen molar-refractivity contribution in [3.05, 3.63) is 39.4 Å². The molecule has 1 N–H and O–H groups in total. The number of nitro groups is 1. The fourth-order valence-electron chi connectivity index (χ4n) is 5.06. The summed E-state index contributed by atoms with van der Waals surface area (Å²) >= 11 is 0. The summed E-state index contributed by atoms with van der Waals surface area (Å²) in [4.78, 5) is 36.8. The Kier molecular flexibility index (Phi) is 7.77. The van der Waals surface area contributed by atoms with Crippen molar-refractivity contribution in [1.29, 1.82) is 0 Å². The Balaban J connectivity index is 1.76. The highest BCUT2D eigenvalue weighted by atomic mass is 16.6. The molecule has 1 aliphatic carbocycles. The molecule has 8 nitrogen and oxygen atoms in total. The fraction of sp³-hybridized carbons (Fsp3) is 0.680. The molecule has 0 spiro atoms. The Morgan fingerprint density at radius 3 is 2.03 bits per heavy atom.